The van der Waals surface area contributed by atoms with Gasteiger partial charge in [0.1, 0.15) is 6.10 Å². The zero-order valence-electron chi connectivity index (χ0n) is 13.0. The Bertz CT molecular complexity index is 495. The molecule has 0 N–H and O–H groups in total. The molecule has 1 atom stereocenters. The van der Waals surface area contributed by atoms with Gasteiger partial charge in [-0.3, -0.25) is 4.79 Å². The Kier molecular flexibility index (Phi) is 5.20. The van der Waals surface area contributed by atoms with Crippen molar-refractivity contribution in [3.05, 3.63) is 23.9 Å². The Balaban J connectivity index is 1.56. The third kappa shape index (κ3) is 3.73. The number of pyridine rings is 1. The lowest BCUT2D eigenvalue weighted by molar-refractivity contribution is 0.0643. The highest BCUT2D eigenvalue weighted by Gasteiger charge is 2.22. The van der Waals surface area contributed by atoms with E-state index in [0.29, 0.717) is 11.4 Å². The summed E-state index contributed by atoms with van der Waals surface area (Å²) in [4.78, 5) is 21.0. The lowest BCUT2D eigenvalue weighted by Crippen LogP contribution is -2.48. The topological polar surface area (TPSA) is 45.7 Å². The van der Waals surface area contributed by atoms with E-state index in [1.165, 1.54) is 0 Å². The summed E-state index contributed by atoms with van der Waals surface area (Å²) in [6.45, 7) is 6.71. The quantitative estimate of drug-likeness (QED) is 0.845. The number of amides is 1. The van der Waals surface area contributed by atoms with E-state index < -0.39 is 0 Å². The average molecular weight is 321 g/mol. The Morgan fingerprint density at radius 2 is 2.18 bits per heavy atom. The van der Waals surface area contributed by atoms with Crippen LogP contribution < -0.4 is 4.74 Å². The van der Waals surface area contributed by atoms with Crippen molar-refractivity contribution in [2.24, 2.45) is 0 Å². The molecular weight excluding hydrogens is 298 g/mol. The average Bonchev–Trinajstić information content (AvgIpc) is 3.08. The van der Waals surface area contributed by atoms with Gasteiger partial charge in [-0.05, 0) is 24.8 Å². The molecule has 1 aromatic rings. The van der Waals surface area contributed by atoms with Gasteiger partial charge in [-0.25, -0.2) is 4.98 Å². The smallest absolute Gasteiger partial charge is 0.255 e. The Morgan fingerprint density at radius 1 is 1.36 bits per heavy atom. The van der Waals surface area contributed by atoms with E-state index in [1.54, 1.807) is 6.20 Å². The number of carbonyl (C=O) groups excluding carboxylic acids is 1. The first-order chi connectivity index (χ1) is 10.8. The molecule has 22 heavy (non-hydrogen) atoms. The van der Waals surface area contributed by atoms with Gasteiger partial charge in [0.05, 0.1) is 5.56 Å². The molecule has 1 aromatic heterocycles. The third-order valence-electron chi connectivity index (χ3n) is 4.27. The van der Waals surface area contributed by atoms with E-state index >= 15 is 0 Å². The van der Waals surface area contributed by atoms with Crippen molar-refractivity contribution >= 4 is 17.7 Å². The molecular formula is C16H23N3O2S. The number of likely N-dealkylation sites (N-methyl/N-ethyl adjacent to an activating group) is 1. The van der Waals surface area contributed by atoms with Crippen LogP contribution in [0.15, 0.2) is 18.3 Å². The molecule has 0 aliphatic carbocycles. The summed E-state index contributed by atoms with van der Waals surface area (Å²) in [6.07, 6.45) is 2.99. The van der Waals surface area contributed by atoms with Gasteiger partial charge in [0.2, 0.25) is 5.88 Å². The van der Waals surface area contributed by atoms with Crippen molar-refractivity contribution in [1.29, 1.82) is 0 Å². The summed E-state index contributed by atoms with van der Waals surface area (Å²) >= 11 is 1.91. The number of carbonyl (C=O) groups is 1. The van der Waals surface area contributed by atoms with E-state index in [1.807, 2.05) is 28.8 Å². The largest absolute Gasteiger partial charge is 0.473 e. The van der Waals surface area contributed by atoms with E-state index in [-0.39, 0.29) is 12.0 Å². The fourth-order valence-corrected chi connectivity index (χ4v) is 3.90. The summed E-state index contributed by atoms with van der Waals surface area (Å²) < 4.78 is 5.82. The summed E-state index contributed by atoms with van der Waals surface area (Å²) in [5, 5.41) is 0. The molecule has 0 radical (unpaired) electrons. The molecule has 2 saturated heterocycles. The SMILES string of the molecule is CCN1CCN(C(=O)c2ccc(OC3CCSC3)nc2)CC1. The van der Waals surface area contributed by atoms with Crippen LogP contribution in [0.1, 0.15) is 23.7 Å². The van der Waals surface area contributed by atoms with Crippen LogP contribution in [0.3, 0.4) is 0 Å². The second kappa shape index (κ2) is 7.33. The van der Waals surface area contributed by atoms with Gasteiger partial charge in [0.25, 0.3) is 5.91 Å². The van der Waals surface area contributed by atoms with Crippen LogP contribution in [0.5, 0.6) is 5.88 Å². The highest BCUT2D eigenvalue weighted by atomic mass is 32.2. The minimum absolute atomic E-state index is 0.0752. The maximum Gasteiger partial charge on any atom is 0.255 e. The maximum absolute atomic E-state index is 12.5. The van der Waals surface area contributed by atoms with E-state index in [9.17, 15) is 4.79 Å². The van der Waals surface area contributed by atoms with Gasteiger partial charge < -0.3 is 14.5 Å². The van der Waals surface area contributed by atoms with Gasteiger partial charge in [0.15, 0.2) is 0 Å². The zero-order chi connectivity index (χ0) is 15.4. The van der Waals surface area contributed by atoms with Crippen molar-refractivity contribution in [3.8, 4) is 5.88 Å². The molecule has 5 nitrogen and oxygen atoms in total. The molecule has 2 aliphatic rings. The third-order valence-corrected chi connectivity index (χ3v) is 5.40. The van der Waals surface area contributed by atoms with Gasteiger partial charge in [-0.2, -0.15) is 11.8 Å². The van der Waals surface area contributed by atoms with Crippen LogP contribution in [0.2, 0.25) is 0 Å². The molecule has 2 fully saturated rings. The van der Waals surface area contributed by atoms with Crippen molar-refractivity contribution in [2.75, 3.05) is 44.2 Å². The molecule has 0 saturated carbocycles. The van der Waals surface area contributed by atoms with Gasteiger partial charge >= 0.3 is 0 Å². The van der Waals surface area contributed by atoms with Gasteiger partial charge in [0, 0.05) is 44.2 Å². The molecule has 0 bridgehead atoms. The zero-order valence-corrected chi connectivity index (χ0v) is 13.8. The summed E-state index contributed by atoms with van der Waals surface area (Å²) in [7, 11) is 0. The normalized spacial score (nSPS) is 22.8. The van der Waals surface area contributed by atoms with Crippen LogP contribution in [0.25, 0.3) is 0 Å². The molecule has 3 rings (SSSR count). The molecule has 120 valence electrons. The lowest BCUT2D eigenvalue weighted by atomic mass is 10.2. The number of nitrogens with zero attached hydrogens (tertiary/aromatic N) is 3. The standard InChI is InChI=1S/C16H23N3O2S/c1-2-18-6-8-19(9-7-18)16(20)13-3-4-15(17-11-13)21-14-5-10-22-12-14/h3-4,11,14H,2,5-10,12H2,1H3. The fourth-order valence-electron chi connectivity index (χ4n) is 2.80. The predicted octanol–water partition coefficient (Wildman–Crippen LogP) is 1.74. The minimum Gasteiger partial charge on any atom is -0.473 e. The molecule has 0 aromatic carbocycles. The van der Waals surface area contributed by atoms with Gasteiger partial charge in [-0.15, -0.1) is 0 Å². The van der Waals surface area contributed by atoms with Crippen molar-refractivity contribution < 1.29 is 9.53 Å². The molecule has 1 amide bonds. The van der Waals surface area contributed by atoms with Crippen molar-refractivity contribution in [2.45, 2.75) is 19.4 Å². The number of thioether (sulfide) groups is 1. The number of hydrogen-bond acceptors (Lipinski definition) is 5. The number of rotatable bonds is 4. The summed E-state index contributed by atoms with van der Waals surface area (Å²) in [5.41, 5.74) is 0.651. The highest BCUT2D eigenvalue weighted by molar-refractivity contribution is 7.99. The predicted molar refractivity (Wildman–Crippen MR) is 88.6 cm³/mol. The Hall–Kier alpha value is -1.27. The number of aromatic nitrogens is 1. The van der Waals surface area contributed by atoms with E-state index in [2.05, 4.69) is 16.8 Å². The van der Waals surface area contributed by atoms with Gasteiger partial charge in [-0.1, -0.05) is 6.92 Å². The summed E-state index contributed by atoms with van der Waals surface area (Å²) in [6, 6.07) is 3.65. The maximum atomic E-state index is 12.5. The first-order valence-corrected chi connectivity index (χ1v) is 9.14. The fraction of sp³-hybridized carbons (Fsp3) is 0.625. The molecule has 6 heteroatoms. The van der Waals surface area contributed by atoms with Crippen LogP contribution >= 0.6 is 11.8 Å². The van der Waals surface area contributed by atoms with Crippen LogP contribution in [0, 0.1) is 0 Å². The van der Waals surface area contributed by atoms with Crippen molar-refractivity contribution in [1.82, 2.24) is 14.8 Å². The second-order valence-corrected chi connectivity index (χ2v) is 6.86. The first kappa shape index (κ1) is 15.6. The van der Waals surface area contributed by atoms with Crippen LogP contribution in [0.4, 0.5) is 0 Å². The minimum atomic E-state index is 0.0752. The highest BCUT2D eigenvalue weighted by Crippen LogP contribution is 2.22. The molecule has 2 aliphatic heterocycles. The number of piperazine rings is 1. The monoisotopic (exact) mass is 321 g/mol. The second-order valence-electron chi connectivity index (χ2n) is 5.72. The lowest BCUT2D eigenvalue weighted by Gasteiger charge is -2.34. The van der Waals surface area contributed by atoms with Crippen LogP contribution in [-0.4, -0.2) is 71.0 Å². The Morgan fingerprint density at radius 3 is 2.77 bits per heavy atom. The molecule has 1 unspecified atom stereocenters. The van der Waals surface area contributed by atoms with Crippen molar-refractivity contribution in [3.63, 3.8) is 0 Å². The molecule has 0 spiro atoms. The Labute approximate surface area is 136 Å². The number of ether oxygens (including phenoxy) is 1. The van der Waals surface area contributed by atoms with E-state index in [0.717, 1.165) is 50.7 Å². The summed E-state index contributed by atoms with van der Waals surface area (Å²) in [5.74, 6) is 2.89. The number of hydrogen-bond donors (Lipinski definition) is 0. The van der Waals surface area contributed by atoms with E-state index in [4.69, 9.17) is 4.74 Å². The van der Waals surface area contributed by atoms with Crippen LogP contribution in [-0.2, 0) is 0 Å². The first-order valence-electron chi connectivity index (χ1n) is 7.98. The molecule has 3 heterocycles.